The van der Waals surface area contributed by atoms with E-state index in [-0.39, 0.29) is 12.5 Å². The first-order chi connectivity index (χ1) is 12.7. The van der Waals surface area contributed by atoms with Crippen LogP contribution in [0.3, 0.4) is 0 Å². The average molecular weight is 351 g/mol. The van der Waals surface area contributed by atoms with Crippen molar-refractivity contribution in [2.45, 2.75) is 26.1 Å². The highest BCUT2D eigenvalue weighted by atomic mass is 16.3. The number of carbonyl (C=O) groups is 1. The number of benzene rings is 1. The van der Waals surface area contributed by atoms with Crippen molar-refractivity contribution in [2.24, 2.45) is 7.05 Å². The van der Waals surface area contributed by atoms with Gasteiger partial charge in [-0.25, -0.2) is 0 Å². The minimum absolute atomic E-state index is 0.0460. The monoisotopic (exact) mass is 351 g/mol. The molecule has 0 saturated heterocycles. The Bertz CT molecular complexity index is 929. The van der Waals surface area contributed by atoms with Crippen LogP contribution < -0.4 is 0 Å². The van der Waals surface area contributed by atoms with E-state index in [9.17, 15) is 9.90 Å². The molecule has 0 fully saturated rings. The average Bonchev–Trinajstić information content (AvgIpc) is 3.25. The summed E-state index contributed by atoms with van der Waals surface area (Å²) in [6, 6.07) is 11.9. The van der Waals surface area contributed by atoms with Crippen molar-refractivity contribution in [1.29, 1.82) is 0 Å². The predicted octanol–water partition coefficient (Wildman–Crippen LogP) is 1.36. The molecule has 3 aromatic rings. The van der Waals surface area contributed by atoms with Gasteiger partial charge in [0.25, 0.3) is 5.91 Å². The number of carbonyl (C=O) groups excluding carboxylic acids is 1. The van der Waals surface area contributed by atoms with Gasteiger partial charge < -0.3 is 10.0 Å². The molecule has 0 spiro atoms. The zero-order valence-corrected chi connectivity index (χ0v) is 14.7. The third-order valence-corrected chi connectivity index (χ3v) is 4.87. The van der Waals surface area contributed by atoms with Crippen molar-refractivity contribution in [3.63, 3.8) is 0 Å². The zero-order valence-electron chi connectivity index (χ0n) is 14.7. The highest BCUT2D eigenvalue weighted by molar-refractivity contribution is 5.92. The lowest BCUT2D eigenvalue weighted by atomic mass is 10.0. The molecule has 7 nitrogen and oxygen atoms in total. The van der Waals surface area contributed by atoms with Crippen LogP contribution in [0.5, 0.6) is 0 Å². The first-order valence-corrected chi connectivity index (χ1v) is 8.67. The van der Waals surface area contributed by atoms with E-state index in [1.54, 1.807) is 28.9 Å². The fourth-order valence-electron chi connectivity index (χ4n) is 3.50. The molecule has 3 heterocycles. The third kappa shape index (κ3) is 2.90. The van der Waals surface area contributed by atoms with Crippen molar-refractivity contribution in [1.82, 2.24) is 24.5 Å². The fraction of sp³-hybridized carbons (Fsp3) is 0.316. The Labute approximate surface area is 151 Å². The van der Waals surface area contributed by atoms with Crippen LogP contribution in [-0.2, 0) is 33.2 Å². The molecule has 1 aliphatic heterocycles. The van der Waals surface area contributed by atoms with E-state index in [4.69, 9.17) is 0 Å². The Morgan fingerprint density at radius 2 is 2.04 bits per heavy atom. The van der Waals surface area contributed by atoms with Crippen LogP contribution in [0.4, 0.5) is 0 Å². The molecule has 26 heavy (non-hydrogen) atoms. The fourth-order valence-corrected chi connectivity index (χ4v) is 3.50. The molecule has 0 aliphatic carbocycles. The van der Waals surface area contributed by atoms with Gasteiger partial charge in [-0.2, -0.15) is 10.2 Å². The number of rotatable bonds is 4. The van der Waals surface area contributed by atoms with Gasteiger partial charge in [-0.3, -0.25) is 14.2 Å². The van der Waals surface area contributed by atoms with Crippen molar-refractivity contribution >= 4 is 5.91 Å². The Balaban J connectivity index is 1.61. The van der Waals surface area contributed by atoms with Gasteiger partial charge in [0.05, 0.1) is 18.8 Å². The van der Waals surface area contributed by atoms with Crippen molar-refractivity contribution in [3.05, 3.63) is 70.8 Å². The first-order valence-electron chi connectivity index (χ1n) is 8.67. The minimum Gasteiger partial charge on any atom is -0.390 e. The molecule has 1 amide bonds. The molecular formula is C19H21N5O2. The summed E-state index contributed by atoms with van der Waals surface area (Å²) in [5, 5.41) is 18.4. The molecule has 0 unspecified atom stereocenters. The van der Waals surface area contributed by atoms with Crippen molar-refractivity contribution in [2.75, 3.05) is 6.54 Å². The van der Waals surface area contributed by atoms with Gasteiger partial charge in [-0.1, -0.05) is 30.3 Å². The summed E-state index contributed by atoms with van der Waals surface area (Å²) in [5.41, 5.74) is 4.45. The summed E-state index contributed by atoms with van der Waals surface area (Å²) in [4.78, 5) is 14.6. The van der Waals surface area contributed by atoms with Crippen LogP contribution >= 0.6 is 0 Å². The standard InChI is InChI=1S/C19H21N5O2/c1-22-18(7-9-20-22)19(26)23-10-8-17-15(12-23)16(13-25)21-24(17)11-14-5-3-2-4-6-14/h2-7,9,25H,8,10-13H2,1H3. The molecule has 0 radical (unpaired) electrons. The van der Waals surface area contributed by atoms with E-state index in [2.05, 4.69) is 22.3 Å². The van der Waals surface area contributed by atoms with Crippen LogP contribution in [0.15, 0.2) is 42.6 Å². The summed E-state index contributed by atoms with van der Waals surface area (Å²) in [5.74, 6) is -0.0460. The molecule has 134 valence electrons. The largest absolute Gasteiger partial charge is 0.390 e. The molecule has 1 aromatic carbocycles. The Morgan fingerprint density at radius 3 is 2.73 bits per heavy atom. The van der Waals surface area contributed by atoms with E-state index in [1.165, 1.54) is 0 Å². The van der Waals surface area contributed by atoms with Crippen LogP contribution in [0.25, 0.3) is 0 Å². The number of aliphatic hydroxyl groups is 1. The third-order valence-electron chi connectivity index (χ3n) is 4.87. The van der Waals surface area contributed by atoms with E-state index in [1.807, 2.05) is 22.9 Å². The summed E-state index contributed by atoms with van der Waals surface area (Å²) in [6.45, 7) is 1.63. The van der Waals surface area contributed by atoms with E-state index < -0.39 is 0 Å². The van der Waals surface area contributed by atoms with Gasteiger partial charge in [0.15, 0.2) is 0 Å². The Hall–Kier alpha value is -2.93. The van der Waals surface area contributed by atoms with Gasteiger partial charge in [0.2, 0.25) is 0 Å². The molecule has 0 atom stereocenters. The lowest BCUT2D eigenvalue weighted by Crippen LogP contribution is -2.37. The van der Waals surface area contributed by atoms with Crippen molar-refractivity contribution < 1.29 is 9.90 Å². The van der Waals surface area contributed by atoms with Gasteiger partial charge in [0, 0.05) is 44.0 Å². The van der Waals surface area contributed by atoms with Crippen LogP contribution in [0.1, 0.15) is 33.0 Å². The highest BCUT2D eigenvalue weighted by Crippen LogP contribution is 2.25. The minimum atomic E-state index is -0.127. The SMILES string of the molecule is Cn1nccc1C(=O)N1CCc2c(c(CO)nn2Cc2ccccc2)C1. The normalized spacial score (nSPS) is 13.7. The first kappa shape index (κ1) is 16.5. The predicted molar refractivity (Wildman–Crippen MR) is 95.3 cm³/mol. The molecule has 1 aliphatic rings. The number of aromatic nitrogens is 4. The number of amides is 1. The number of fused-ring (bicyclic) bond motifs is 1. The second kappa shape index (κ2) is 6.76. The number of hydrogen-bond donors (Lipinski definition) is 1. The van der Waals surface area contributed by atoms with Crippen LogP contribution in [0.2, 0.25) is 0 Å². The number of nitrogens with zero attached hydrogens (tertiary/aromatic N) is 5. The molecule has 7 heteroatoms. The topological polar surface area (TPSA) is 76.2 Å². The van der Waals surface area contributed by atoms with E-state index in [0.717, 1.165) is 23.2 Å². The Kier molecular flexibility index (Phi) is 4.30. The lowest BCUT2D eigenvalue weighted by molar-refractivity contribution is 0.0721. The van der Waals surface area contributed by atoms with E-state index in [0.29, 0.717) is 31.0 Å². The van der Waals surface area contributed by atoms with Gasteiger partial charge >= 0.3 is 0 Å². The molecule has 0 bridgehead atoms. The summed E-state index contributed by atoms with van der Waals surface area (Å²) in [6.07, 6.45) is 2.35. The number of hydrogen-bond acceptors (Lipinski definition) is 4. The lowest BCUT2D eigenvalue weighted by Gasteiger charge is -2.28. The molecular weight excluding hydrogens is 330 g/mol. The van der Waals surface area contributed by atoms with Crippen LogP contribution in [-0.4, -0.2) is 42.0 Å². The molecule has 1 N–H and O–H groups in total. The van der Waals surface area contributed by atoms with Gasteiger partial charge in [-0.05, 0) is 11.6 Å². The molecule has 2 aromatic heterocycles. The summed E-state index contributed by atoms with van der Waals surface area (Å²) < 4.78 is 3.55. The molecule has 0 saturated carbocycles. The van der Waals surface area contributed by atoms with Gasteiger partial charge in [0.1, 0.15) is 5.69 Å². The smallest absolute Gasteiger partial charge is 0.272 e. The number of aliphatic hydroxyl groups excluding tert-OH is 1. The maximum atomic E-state index is 12.8. The zero-order chi connectivity index (χ0) is 18.1. The summed E-state index contributed by atoms with van der Waals surface area (Å²) in [7, 11) is 1.76. The van der Waals surface area contributed by atoms with E-state index >= 15 is 0 Å². The second-order valence-corrected chi connectivity index (χ2v) is 6.49. The summed E-state index contributed by atoms with van der Waals surface area (Å²) >= 11 is 0. The molecule has 4 rings (SSSR count). The van der Waals surface area contributed by atoms with Crippen LogP contribution in [0, 0.1) is 0 Å². The van der Waals surface area contributed by atoms with Gasteiger partial charge in [-0.15, -0.1) is 0 Å². The number of aryl methyl sites for hydroxylation is 1. The quantitative estimate of drug-likeness (QED) is 0.770. The maximum absolute atomic E-state index is 12.8. The highest BCUT2D eigenvalue weighted by Gasteiger charge is 2.28. The second-order valence-electron chi connectivity index (χ2n) is 6.49. The maximum Gasteiger partial charge on any atom is 0.272 e. The van der Waals surface area contributed by atoms with Crippen molar-refractivity contribution in [3.8, 4) is 0 Å². The Morgan fingerprint density at radius 1 is 1.23 bits per heavy atom.